The van der Waals surface area contributed by atoms with E-state index >= 15 is 0 Å². The quantitative estimate of drug-likeness (QED) is 0.360. The van der Waals surface area contributed by atoms with Gasteiger partial charge in [-0.3, -0.25) is 9.59 Å². The number of carbonyl (C=O) groups is 2. The molecule has 2 amide bonds. The molecule has 1 aliphatic carbocycles. The van der Waals surface area contributed by atoms with Crippen molar-refractivity contribution in [2.45, 2.75) is 44.8 Å². The second-order valence-electron chi connectivity index (χ2n) is 10.5. The molecule has 0 unspecified atom stereocenters. The number of hydrogen-bond acceptors (Lipinski definition) is 6. The van der Waals surface area contributed by atoms with E-state index in [0.29, 0.717) is 46.1 Å². The number of nitrogens with one attached hydrogen (secondary N) is 1. The number of aryl methyl sites for hydroxylation is 1. The Labute approximate surface area is 230 Å². The van der Waals surface area contributed by atoms with E-state index < -0.39 is 0 Å². The molecule has 2 aromatic carbocycles. The van der Waals surface area contributed by atoms with Gasteiger partial charge in [0, 0.05) is 33.2 Å². The number of carbonyl (C=O) groups excluding carboxylic acids is 2. The van der Waals surface area contributed by atoms with Crippen molar-refractivity contribution in [3.05, 3.63) is 65.9 Å². The predicted octanol–water partition coefficient (Wildman–Crippen LogP) is 4.81. The molecule has 1 aliphatic heterocycles. The van der Waals surface area contributed by atoms with Crippen LogP contribution in [0, 0.1) is 11.7 Å². The molecule has 10 heteroatoms. The monoisotopic (exact) mass is 546 g/mol. The average Bonchev–Trinajstić information content (AvgIpc) is 3.72. The van der Waals surface area contributed by atoms with Crippen LogP contribution >= 0.6 is 11.3 Å². The summed E-state index contributed by atoms with van der Waals surface area (Å²) >= 11 is 1.38. The number of fused-ring (bicyclic) bond motifs is 3. The number of aromatic nitrogens is 3. The van der Waals surface area contributed by atoms with Gasteiger partial charge in [0.15, 0.2) is 11.0 Å². The molecule has 1 saturated heterocycles. The van der Waals surface area contributed by atoms with Gasteiger partial charge in [0.1, 0.15) is 11.5 Å². The molecule has 1 N–H and O–H groups in total. The summed E-state index contributed by atoms with van der Waals surface area (Å²) in [7, 11) is 3.75. The van der Waals surface area contributed by atoms with Crippen LogP contribution in [0.4, 0.5) is 9.52 Å². The number of para-hydroxylation sites is 2. The number of thiazole rings is 1. The number of likely N-dealkylation sites (tertiary alicyclic amines) is 1. The number of piperidine rings is 1. The van der Waals surface area contributed by atoms with Crippen molar-refractivity contribution in [3.8, 4) is 10.4 Å². The first-order chi connectivity index (χ1) is 18.9. The topological polar surface area (TPSA) is 83.4 Å². The van der Waals surface area contributed by atoms with Gasteiger partial charge in [-0.25, -0.2) is 14.4 Å². The first-order valence-corrected chi connectivity index (χ1v) is 14.2. The van der Waals surface area contributed by atoms with Gasteiger partial charge in [-0.2, -0.15) is 0 Å². The second kappa shape index (κ2) is 10.1. The summed E-state index contributed by atoms with van der Waals surface area (Å²) in [6.07, 6.45) is 2.88. The van der Waals surface area contributed by atoms with Crippen molar-refractivity contribution in [1.82, 2.24) is 24.8 Å². The molecule has 39 heavy (non-hydrogen) atoms. The summed E-state index contributed by atoms with van der Waals surface area (Å²) in [6.45, 7) is 2.97. The molecule has 4 aromatic rings. The van der Waals surface area contributed by atoms with E-state index in [-0.39, 0.29) is 29.7 Å². The van der Waals surface area contributed by atoms with E-state index in [9.17, 15) is 14.0 Å². The van der Waals surface area contributed by atoms with Crippen molar-refractivity contribution in [3.63, 3.8) is 0 Å². The molecular formula is C29H31FN6O2S. The number of halogens is 1. The highest BCUT2D eigenvalue weighted by atomic mass is 32.1. The van der Waals surface area contributed by atoms with Crippen LogP contribution in [0.25, 0.3) is 21.5 Å². The molecule has 1 saturated carbocycles. The smallest absolute Gasteiger partial charge is 0.287 e. The Bertz CT molecular complexity index is 1560. The summed E-state index contributed by atoms with van der Waals surface area (Å²) in [5, 5.41) is 3.77. The maximum Gasteiger partial charge on any atom is 0.287 e. The predicted molar refractivity (Wildman–Crippen MR) is 151 cm³/mol. The Balaban J connectivity index is 1.28. The van der Waals surface area contributed by atoms with E-state index in [1.54, 1.807) is 12.1 Å². The largest absolute Gasteiger partial charge is 0.354 e. The van der Waals surface area contributed by atoms with Gasteiger partial charge in [0.2, 0.25) is 0 Å². The van der Waals surface area contributed by atoms with Crippen molar-refractivity contribution >= 4 is 39.3 Å². The van der Waals surface area contributed by atoms with Crippen molar-refractivity contribution in [2.75, 3.05) is 25.5 Å². The highest BCUT2D eigenvalue weighted by Gasteiger charge is 2.49. The number of hydrogen-bond donors (Lipinski definition) is 1. The Morgan fingerprint density at radius 2 is 1.95 bits per heavy atom. The Morgan fingerprint density at radius 1 is 1.13 bits per heavy atom. The van der Waals surface area contributed by atoms with Crippen molar-refractivity contribution in [2.24, 2.45) is 5.92 Å². The van der Waals surface area contributed by atoms with Gasteiger partial charge in [-0.05, 0) is 61.9 Å². The first-order valence-electron chi connectivity index (χ1n) is 13.4. The maximum absolute atomic E-state index is 14.1. The highest BCUT2D eigenvalue weighted by molar-refractivity contribution is 7.19. The third kappa shape index (κ3) is 4.46. The van der Waals surface area contributed by atoms with Crippen LogP contribution in [0.1, 0.15) is 47.3 Å². The molecule has 2 fully saturated rings. The summed E-state index contributed by atoms with van der Waals surface area (Å²) in [4.78, 5) is 41.1. The van der Waals surface area contributed by atoms with E-state index in [4.69, 9.17) is 4.98 Å². The zero-order valence-corrected chi connectivity index (χ0v) is 23.0. The van der Waals surface area contributed by atoms with Crippen LogP contribution in [-0.4, -0.2) is 64.0 Å². The van der Waals surface area contributed by atoms with Crippen molar-refractivity contribution < 1.29 is 14.0 Å². The summed E-state index contributed by atoms with van der Waals surface area (Å²) in [5.74, 6) is -0.0697. The van der Waals surface area contributed by atoms with Crippen LogP contribution in [-0.2, 0) is 6.54 Å². The number of rotatable bonds is 7. The van der Waals surface area contributed by atoms with E-state index in [0.717, 1.165) is 30.3 Å². The lowest BCUT2D eigenvalue weighted by Crippen LogP contribution is -2.50. The molecule has 0 radical (unpaired) electrons. The van der Waals surface area contributed by atoms with Crippen LogP contribution < -0.4 is 10.2 Å². The number of benzene rings is 2. The minimum Gasteiger partial charge on any atom is -0.354 e. The standard InChI is InChI=1S/C29H31FN6O2S/c1-4-35-22-11-6-5-10-21(22)32-26(35)27(37)31-16-23-17-12-13-20(15-17)36(23)28(38)24-25(39-29(33-24)34(2)3)18-8-7-9-19(30)14-18/h5-11,14,17,20,23H,4,12-13,15-16H2,1-3H3,(H,31,37)/t17-,20+,23+/m0/s1. The van der Waals surface area contributed by atoms with Gasteiger partial charge in [0.25, 0.3) is 11.8 Å². The molecule has 3 heterocycles. The number of anilines is 1. The zero-order valence-electron chi connectivity index (χ0n) is 22.2. The van der Waals surface area contributed by atoms with Crippen molar-refractivity contribution in [1.29, 1.82) is 0 Å². The normalized spacial score (nSPS) is 20.1. The van der Waals surface area contributed by atoms with Gasteiger partial charge in [0.05, 0.1) is 22.0 Å². The molecule has 0 spiro atoms. The first kappa shape index (κ1) is 25.5. The van der Waals surface area contributed by atoms with E-state index in [2.05, 4.69) is 10.3 Å². The third-order valence-corrected chi connectivity index (χ3v) is 9.18. The van der Waals surface area contributed by atoms with Gasteiger partial charge in [-0.15, -0.1) is 0 Å². The minimum atomic E-state index is -0.357. The SMILES string of the molecule is CCn1c(C(=O)NC[C@@H]2[C@H]3CC[C@H](C3)N2C(=O)c2nc(N(C)C)sc2-c2cccc(F)c2)nc2ccccc21. The fraction of sp³-hybridized carbons (Fsp3) is 0.379. The van der Waals surface area contributed by atoms with Crippen LogP contribution in [0.2, 0.25) is 0 Å². The second-order valence-corrected chi connectivity index (χ2v) is 11.4. The van der Waals surface area contributed by atoms with Crippen LogP contribution in [0.3, 0.4) is 0 Å². The van der Waals surface area contributed by atoms with Crippen LogP contribution in [0.15, 0.2) is 48.5 Å². The molecule has 2 aromatic heterocycles. The molecule has 3 atom stereocenters. The van der Waals surface area contributed by atoms with Crippen LogP contribution in [0.5, 0.6) is 0 Å². The van der Waals surface area contributed by atoms with Gasteiger partial charge in [-0.1, -0.05) is 35.6 Å². The summed E-state index contributed by atoms with van der Waals surface area (Å²) in [5.41, 5.74) is 2.68. The van der Waals surface area contributed by atoms with E-state index in [1.807, 2.05) is 59.7 Å². The zero-order chi connectivity index (χ0) is 27.3. The lowest BCUT2D eigenvalue weighted by Gasteiger charge is -2.35. The lowest BCUT2D eigenvalue weighted by atomic mass is 9.98. The number of nitrogens with zero attached hydrogens (tertiary/aromatic N) is 5. The average molecular weight is 547 g/mol. The minimum absolute atomic E-state index is 0.106. The summed E-state index contributed by atoms with van der Waals surface area (Å²) in [6, 6.07) is 14.0. The molecule has 202 valence electrons. The summed E-state index contributed by atoms with van der Waals surface area (Å²) < 4.78 is 16.0. The molecular weight excluding hydrogens is 515 g/mol. The lowest BCUT2D eigenvalue weighted by molar-refractivity contribution is 0.0577. The molecule has 8 nitrogen and oxygen atoms in total. The van der Waals surface area contributed by atoms with E-state index in [1.165, 1.54) is 23.5 Å². The highest BCUT2D eigenvalue weighted by Crippen LogP contribution is 2.44. The number of imidazole rings is 1. The molecule has 2 aliphatic rings. The number of amides is 2. The fourth-order valence-corrected chi connectivity index (χ4v) is 7.09. The van der Waals surface area contributed by atoms with Gasteiger partial charge < -0.3 is 19.7 Å². The third-order valence-electron chi connectivity index (χ3n) is 7.91. The Hall–Kier alpha value is -3.79. The fourth-order valence-electron chi connectivity index (χ4n) is 6.11. The molecule has 6 rings (SSSR count). The van der Waals surface area contributed by atoms with Gasteiger partial charge >= 0.3 is 0 Å². The Kier molecular flexibility index (Phi) is 6.58. The Morgan fingerprint density at radius 3 is 2.72 bits per heavy atom. The molecule has 2 bridgehead atoms. The maximum atomic E-state index is 14.1.